The third-order valence-corrected chi connectivity index (χ3v) is 4.72. The predicted molar refractivity (Wildman–Crippen MR) is 108 cm³/mol. The summed E-state index contributed by atoms with van der Waals surface area (Å²) < 4.78 is 0. The van der Waals surface area contributed by atoms with Crippen LogP contribution in [0, 0.1) is 0 Å². The Balaban J connectivity index is 1.43. The van der Waals surface area contributed by atoms with Crippen molar-refractivity contribution < 1.29 is 14.4 Å². The molecule has 28 heavy (non-hydrogen) atoms. The van der Waals surface area contributed by atoms with Gasteiger partial charge in [0.1, 0.15) is 0 Å². The molecule has 0 saturated carbocycles. The number of carbonyl (C=O) groups excluding carboxylic acids is 3. The average Bonchev–Trinajstić information content (AvgIpc) is 3.13. The lowest BCUT2D eigenvalue weighted by Gasteiger charge is -2.16. The van der Waals surface area contributed by atoms with Gasteiger partial charge in [-0.2, -0.15) is 0 Å². The summed E-state index contributed by atoms with van der Waals surface area (Å²) >= 11 is 0. The fraction of sp³-hybridized carbons (Fsp3) is 0.318. The number of rotatable bonds is 7. The maximum atomic E-state index is 12.1. The monoisotopic (exact) mass is 379 g/mol. The first kappa shape index (κ1) is 19.6. The quantitative estimate of drug-likeness (QED) is 0.776. The molecule has 0 bridgehead atoms. The highest BCUT2D eigenvalue weighted by Crippen LogP contribution is 2.21. The molecule has 1 aliphatic heterocycles. The molecule has 1 unspecified atom stereocenters. The van der Waals surface area contributed by atoms with E-state index in [-0.39, 0.29) is 30.2 Å². The minimum atomic E-state index is -0.267. The van der Waals surface area contributed by atoms with Crippen LogP contribution in [0.25, 0.3) is 0 Å². The van der Waals surface area contributed by atoms with Gasteiger partial charge in [0.2, 0.25) is 11.8 Å². The Morgan fingerprint density at radius 2 is 1.79 bits per heavy atom. The summed E-state index contributed by atoms with van der Waals surface area (Å²) in [5.74, 6) is -0.153. The van der Waals surface area contributed by atoms with Gasteiger partial charge in [-0.3, -0.25) is 14.4 Å². The van der Waals surface area contributed by atoms with Crippen molar-refractivity contribution in [3.05, 3.63) is 65.7 Å². The zero-order chi connectivity index (χ0) is 19.9. The third kappa shape index (κ3) is 5.19. The van der Waals surface area contributed by atoms with Crippen LogP contribution in [0.2, 0.25) is 0 Å². The molecule has 0 spiro atoms. The second-order valence-electron chi connectivity index (χ2n) is 7.04. The molecule has 3 amide bonds. The zero-order valence-electron chi connectivity index (χ0n) is 16.0. The molecule has 6 nitrogen and oxygen atoms in total. The van der Waals surface area contributed by atoms with Crippen molar-refractivity contribution in [3.8, 4) is 0 Å². The first-order chi connectivity index (χ1) is 13.5. The van der Waals surface area contributed by atoms with Gasteiger partial charge >= 0.3 is 0 Å². The summed E-state index contributed by atoms with van der Waals surface area (Å²) in [7, 11) is 0. The number of nitrogens with one attached hydrogen (secondary N) is 2. The number of hydrogen-bond acceptors (Lipinski definition) is 3. The lowest BCUT2D eigenvalue weighted by atomic mass is 10.1. The SMILES string of the molecule is CC(CC(=O)NCc1ccc(N2CCCC2=O)cc1)NC(=O)c1ccccc1. The van der Waals surface area contributed by atoms with E-state index in [9.17, 15) is 14.4 Å². The first-order valence-corrected chi connectivity index (χ1v) is 9.55. The van der Waals surface area contributed by atoms with Gasteiger partial charge in [0.05, 0.1) is 0 Å². The number of anilines is 1. The van der Waals surface area contributed by atoms with Gasteiger partial charge in [-0.25, -0.2) is 0 Å². The van der Waals surface area contributed by atoms with Gasteiger partial charge in [0.25, 0.3) is 5.91 Å². The van der Waals surface area contributed by atoms with Crippen LogP contribution in [0.4, 0.5) is 5.69 Å². The van der Waals surface area contributed by atoms with E-state index < -0.39 is 0 Å². The molecule has 2 N–H and O–H groups in total. The molecule has 1 atom stereocenters. The van der Waals surface area contributed by atoms with E-state index >= 15 is 0 Å². The Morgan fingerprint density at radius 3 is 2.43 bits per heavy atom. The maximum Gasteiger partial charge on any atom is 0.251 e. The molecule has 0 radical (unpaired) electrons. The summed E-state index contributed by atoms with van der Waals surface area (Å²) in [5.41, 5.74) is 2.44. The van der Waals surface area contributed by atoms with Gasteiger partial charge in [0.15, 0.2) is 0 Å². The minimum absolute atomic E-state index is 0.125. The van der Waals surface area contributed by atoms with Crippen LogP contribution < -0.4 is 15.5 Å². The third-order valence-electron chi connectivity index (χ3n) is 4.72. The number of nitrogens with zero attached hydrogens (tertiary/aromatic N) is 1. The van der Waals surface area contributed by atoms with Crippen LogP contribution in [-0.4, -0.2) is 30.3 Å². The Bertz CT molecular complexity index is 834. The Hall–Kier alpha value is -3.15. The van der Waals surface area contributed by atoms with Crippen molar-refractivity contribution in [3.63, 3.8) is 0 Å². The molecule has 3 rings (SSSR count). The largest absolute Gasteiger partial charge is 0.352 e. The van der Waals surface area contributed by atoms with Crippen molar-refractivity contribution in [2.24, 2.45) is 0 Å². The van der Waals surface area contributed by atoms with Crippen LogP contribution >= 0.6 is 0 Å². The molecule has 146 valence electrons. The van der Waals surface area contributed by atoms with E-state index in [1.165, 1.54) is 0 Å². The highest BCUT2D eigenvalue weighted by molar-refractivity contribution is 5.95. The van der Waals surface area contributed by atoms with Gasteiger partial charge < -0.3 is 15.5 Å². The highest BCUT2D eigenvalue weighted by atomic mass is 16.2. The van der Waals surface area contributed by atoms with Gasteiger partial charge in [-0.05, 0) is 43.2 Å². The fourth-order valence-corrected chi connectivity index (χ4v) is 3.21. The van der Waals surface area contributed by atoms with Crippen LogP contribution in [0.1, 0.15) is 42.1 Å². The molecule has 1 heterocycles. The molecule has 2 aromatic carbocycles. The Kier molecular flexibility index (Phi) is 6.42. The van der Waals surface area contributed by atoms with Crippen LogP contribution in [-0.2, 0) is 16.1 Å². The second kappa shape index (κ2) is 9.17. The smallest absolute Gasteiger partial charge is 0.251 e. The second-order valence-corrected chi connectivity index (χ2v) is 7.04. The fourth-order valence-electron chi connectivity index (χ4n) is 3.21. The molecule has 0 aromatic heterocycles. The normalized spacial score (nSPS) is 14.6. The lowest BCUT2D eigenvalue weighted by Crippen LogP contribution is -2.37. The van der Waals surface area contributed by atoms with Crippen molar-refractivity contribution in [2.75, 3.05) is 11.4 Å². The van der Waals surface area contributed by atoms with Gasteiger partial charge in [-0.15, -0.1) is 0 Å². The van der Waals surface area contributed by atoms with Crippen molar-refractivity contribution in [1.82, 2.24) is 10.6 Å². The predicted octanol–water partition coefficient (Wildman–Crippen LogP) is 2.64. The van der Waals surface area contributed by atoms with Crippen molar-refractivity contribution >= 4 is 23.4 Å². The van der Waals surface area contributed by atoms with Crippen molar-refractivity contribution in [2.45, 2.75) is 38.8 Å². The summed E-state index contributed by atoms with van der Waals surface area (Å²) in [6.45, 7) is 2.98. The van der Waals surface area contributed by atoms with Crippen LogP contribution in [0.5, 0.6) is 0 Å². The van der Waals surface area contributed by atoms with E-state index in [0.717, 1.165) is 24.2 Å². The van der Waals surface area contributed by atoms with Crippen LogP contribution in [0.15, 0.2) is 54.6 Å². The molecular formula is C22H25N3O3. The molecule has 1 fully saturated rings. The topological polar surface area (TPSA) is 78.5 Å². The number of amides is 3. The summed E-state index contributed by atoms with van der Waals surface area (Å²) in [6, 6.07) is 16.3. The number of hydrogen-bond donors (Lipinski definition) is 2. The molecule has 2 aromatic rings. The zero-order valence-corrected chi connectivity index (χ0v) is 16.0. The summed E-state index contributed by atoms with van der Waals surface area (Å²) in [6.07, 6.45) is 1.71. The summed E-state index contributed by atoms with van der Waals surface area (Å²) in [4.78, 5) is 37.8. The van der Waals surface area contributed by atoms with Crippen molar-refractivity contribution in [1.29, 1.82) is 0 Å². The van der Waals surface area contributed by atoms with Gasteiger partial charge in [-0.1, -0.05) is 30.3 Å². The molecule has 6 heteroatoms. The van der Waals surface area contributed by atoms with E-state index in [4.69, 9.17) is 0 Å². The molecule has 0 aliphatic carbocycles. The maximum absolute atomic E-state index is 12.1. The minimum Gasteiger partial charge on any atom is -0.352 e. The molecular weight excluding hydrogens is 354 g/mol. The van der Waals surface area contributed by atoms with E-state index in [1.54, 1.807) is 29.2 Å². The van der Waals surface area contributed by atoms with Crippen LogP contribution in [0.3, 0.4) is 0 Å². The molecule has 1 aliphatic rings. The molecule has 1 saturated heterocycles. The van der Waals surface area contributed by atoms with Gasteiger partial charge in [0, 0.05) is 43.2 Å². The number of benzene rings is 2. The Morgan fingerprint density at radius 1 is 1.07 bits per heavy atom. The van der Waals surface area contributed by atoms with E-state index in [1.807, 2.05) is 37.3 Å². The summed E-state index contributed by atoms with van der Waals surface area (Å²) in [5, 5.41) is 5.70. The standard InChI is InChI=1S/C22H25N3O3/c1-16(24-22(28)18-6-3-2-4-7-18)14-20(26)23-15-17-9-11-19(12-10-17)25-13-5-8-21(25)27/h2-4,6-7,9-12,16H,5,8,13-15H2,1H3,(H,23,26)(H,24,28). The Labute approximate surface area is 164 Å². The van der Waals surface area contributed by atoms with E-state index in [0.29, 0.717) is 18.5 Å². The average molecular weight is 379 g/mol. The number of carbonyl (C=O) groups is 3. The lowest BCUT2D eigenvalue weighted by molar-refractivity contribution is -0.121. The first-order valence-electron chi connectivity index (χ1n) is 9.55. The highest BCUT2D eigenvalue weighted by Gasteiger charge is 2.21. The van der Waals surface area contributed by atoms with E-state index in [2.05, 4.69) is 10.6 Å².